The highest BCUT2D eigenvalue weighted by Gasteiger charge is 2.26. The molecule has 2 aromatic carbocycles. The van der Waals surface area contributed by atoms with E-state index in [1.807, 2.05) is 23.1 Å². The first kappa shape index (κ1) is 12.7. The Morgan fingerprint density at radius 1 is 1.15 bits per heavy atom. The van der Waals surface area contributed by atoms with Gasteiger partial charge in [-0.15, -0.1) is 0 Å². The number of hydrogen-bond acceptors (Lipinski definition) is 2. The third-order valence-electron chi connectivity index (χ3n) is 3.95. The summed E-state index contributed by atoms with van der Waals surface area (Å²) in [6, 6.07) is 15.3. The van der Waals surface area contributed by atoms with E-state index in [4.69, 9.17) is 5.73 Å². The van der Waals surface area contributed by atoms with Crippen LogP contribution in [0.4, 0.5) is 11.4 Å². The normalized spacial score (nSPS) is 17.6. The van der Waals surface area contributed by atoms with Crippen molar-refractivity contribution in [2.75, 3.05) is 17.2 Å². The largest absolute Gasteiger partial charge is 0.399 e. The first-order valence-corrected chi connectivity index (χ1v) is 6.93. The predicted molar refractivity (Wildman–Crippen MR) is 82.0 cm³/mol. The van der Waals surface area contributed by atoms with E-state index in [1.54, 1.807) is 24.3 Å². The molecule has 1 aliphatic heterocycles. The number of rotatable bonds is 1. The van der Waals surface area contributed by atoms with Gasteiger partial charge < -0.3 is 10.6 Å². The molecule has 1 aliphatic rings. The maximum absolute atomic E-state index is 12.7. The van der Waals surface area contributed by atoms with Crippen molar-refractivity contribution < 1.29 is 4.79 Å². The van der Waals surface area contributed by atoms with E-state index in [-0.39, 0.29) is 5.91 Å². The summed E-state index contributed by atoms with van der Waals surface area (Å²) in [4.78, 5) is 14.5. The zero-order chi connectivity index (χ0) is 14.1. The first-order chi connectivity index (χ1) is 9.66. The Kier molecular flexibility index (Phi) is 3.18. The summed E-state index contributed by atoms with van der Waals surface area (Å²) >= 11 is 0. The monoisotopic (exact) mass is 266 g/mol. The smallest absolute Gasteiger partial charge is 0.258 e. The molecule has 1 amide bonds. The average Bonchev–Trinajstić information content (AvgIpc) is 2.48. The van der Waals surface area contributed by atoms with Gasteiger partial charge in [-0.25, -0.2) is 0 Å². The molecular weight excluding hydrogens is 248 g/mol. The van der Waals surface area contributed by atoms with Crippen LogP contribution in [-0.4, -0.2) is 12.5 Å². The van der Waals surface area contributed by atoms with Crippen LogP contribution in [0.2, 0.25) is 0 Å². The van der Waals surface area contributed by atoms with E-state index in [1.165, 1.54) is 5.56 Å². The zero-order valence-corrected chi connectivity index (χ0v) is 11.5. The van der Waals surface area contributed by atoms with E-state index in [2.05, 4.69) is 13.0 Å². The minimum Gasteiger partial charge on any atom is -0.399 e. The highest BCUT2D eigenvalue weighted by Crippen LogP contribution is 2.35. The van der Waals surface area contributed by atoms with E-state index < -0.39 is 0 Å². The Morgan fingerprint density at radius 3 is 2.60 bits per heavy atom. The number of hydrogen-bond donors (Lipinski definition) is 1. The number of para-hydroxylation sites is 1. The summed E-state index contributed by atoms with van der Waals surface area (Å²) in [6.07, 6.45) is 0.998. The second-order valence-corrected chi connectivity index (χ2v) is 5.33. The van der Waals surface area contributed by atoms with Gasteiger partial charge in [-0.3, -0.25) is 4.79 Å². The van der Waals surface area contributed by atoms with Crippen LogP contribution in [0.3, 0.4) is 0 Å². The number of amides is 1. The molecule has 3 rings (SSSR count). The van der Waals surface area contributed by atoms with Crippen molar-refractivity contribution in [1.29, 1.82) is 0 Å². The fraction of sp³-hybridized carbons (Fsp3) is 0.235. The number of nitrogens with zero attached hydrogens (tertiary/aromatic N) is 1. The van der Waals surface area contributed by atoms with Gasteiger partial charge in [-0.05, 0) is 48.2 Å². The molecule has 2 aromatic rings. The Bertz CT molecular complexity index is 634. The van der Waals surface area contributed by atoms with Crippen molar-refractivity contribution in [1.82, 2.24) is 0 Å². The Hall–Kier alpha value is -2.29. The molecule has 2 N–H and O–H groups in total. The van der Waals surface area contributed by atoms with Gasteiger partial charge in [0.15, 0.2) is 0 Å². The van der Waals surface area contributed by atoms with Crippen LogP contribution in [0.1, 0.15) is 35.2 Å². The first-order valence-electron chi connectivity index (χ1n) is 6.93. The van der Waals surface area contributed by atoms with Gasteiger partial charge in [0.25, 0.3) is 5.91 Å². The highest BCUT2D eigenvalue weighted by molar-refractivity contribution is 6.07. The molecule has 0 aliphatic carbocycles. The van der Waals surface area contributed by atoms with Crippen molar-refractivity contribution in [2.45, 2.75) is 19.3 Å². The third kappa shape index (κ3) is 2.16. The molecule has 0 bridgehead atoms. The lowest BCUT2D eigenvalue weighted by Gasteiger charge is -2.33. The molecule has 3 nitrogen and oxygen atoms in total. The number of carbonyl (C=O) groups excluding carboxylic acids is 1. The molecule has 1 atom stereocenters. The number of anilines is 2. The van der Waals surface area contributed by atoms with Gasteiger partial charge in [0.1, 0.15) is 0 Å². The quantitative estimate of drug-likeness (QED) is 0.804. The molecule has 0 aromatic heterocycles. The Morgan fingerprint density at radius 2 is 1.85 bits per heavy atom. The van der Waals surface area contributed by atoms with Gasteiger partial charge in [-0.1, -0.05) is 25.1 Å². The molecule has 0 spiro atoms. The SMILES string of the molecule is CC1CCN(C(=O)c2ccc(N)cc2)c2ccccc21. The average molecular weight is 266 g/mol. The van der Waals surface area contributed by atoms with Crippen molar-refractivity contribution in [3.05, 3.63) is 59.7 Å². The van der Waals surface area contributed by atoms with E-state index >= 15 is 0 Å². The minimum atomic E-state index is 0.0457. The second-order valence-electron chi connectivity index (χ2n) is 5.33. The Balaban J connectivity index is 1.97. The maximum atomic E-state index is 12.7. The molecule has 0 radical (unpaired) electrons. The topological polar surface area (TPSA) is 46.3 Å². The lowest BCUT2D eigenvalue weighted by Crippen LogP contribution is -2.36. The molecule has 0 fully saturated rings. The van der Waals surface area contributed by atoms with Gasteiger partial charge >= 0.3 is 0 Å². The van der Waals surface area contributed by atoms with Crippen LogP contribution in [0.15, 0.2) is 48.5 Å². The standard InChI is InChI=1S/C17H18N2O/c1-12-10-11-19(16-5-3-2-4-15(12)16)17(20)13-6-8-14(18)9-7-13/h2-9,12H,10-11,18H2,1H3. The summed E-state index contributed by atoms with van der Waals surface area (Å²) in [5, 5.41) is 0. The maximum Gasteiger partial charge on any atom is 0.258 e. The molecule has 0 saturated heterocycles. The number of carbonyl (C=O) groups is 1. The molecule has 1 heterocycles. The van der Waals surface area contributed by atoms with Crippen LogP contribution < -0.4 is 10.6 Å². The van der Waals surface area contributed by atoms with Gasteiger partial charge in [0.2, 0.25) is 0 Å². The lowest BCUT2D eigenvalue weighted by molar-refractivity contribution is 0.0984. The minimum absolute atomic E-state index is 0.0457. The van der Waals surface area contributed by atoms with Crippen LogP contribution >= 0.6 is 0 Å². The molecular formula is C17H18N2O. The summed E-state index contributed by atoms with van der Waals surface area (Å²) in [6.45, 7) is 2.98. The molecule has 102 valence electrons. The van der Waals surface area contributed by atoms with Crippen LogP contribution in [0.5, 0.6) is 0 Å². The predicted octanol–water partition coefficient (Wildman–Crippen LogP) is 3.42. The Labute approximate surface area is 119 Å². The van der Waals surface area contributed by atoms with Crippen molar-refractivity contribution in [3.63, 3.8) is 0 Å². The molecule has 1 unspecified atom stereocenters. The van der Waals surface area contributed by atoms with Gasteiger partial charge in [0, 0.05) is 23.5 Å². The third-order valence-corrected chi connectivity index (χ3v) is 3.95. The molecule has 3 heteroatoms. The summed E-state index contributed by atoms with van der Waals surface area (Å²) in [5.41, 5.74) is 9.32. The summed E-state index contributed by atoms with van der Waals surface area (Å²) in [5.74, 6) is 0.547. The van der Waals surface area contributed by atoms with Crippen LogP contribution in [-0.2, 0) is 0 Å². The number of benzene rings is 2. The highest BCUT2D eigenvalue weighted by atomic mass is 16.2. The number of nitrogens with two attached hydrogens (primary N) is 1. The summed E-state index contributed by atoms with van der Waals surface area (Å²) in [7, 11) is 0. The fourth-order valence-corrected chi connectivity index (χ4v) is 2.74. The van der Waals surface area contributed by atoms with Crippen molar-refractivity contribution >= 4 is 17.3 Å². The zero-order valence-electron chi connectivity index (χ0n) is 11.5. The van der Waals surface area contributed by atoms with E-state index in [9.17, 15) is 4.79 Å². The van der Waals surface area contributed by atoms with Crippen LogP contribution in [0, 0.1) is 0 Å². The van der Waals surface area contributed by atoms with E-state index in [0.29, 0.717) is 17.2 Å². The molecule has 20 heavy (non-hydrogen) atoms. The van der Waals surface area contributed by atoms with Crippen molar-refractivity contribution in [3.8, 4) is 0 Å². The van der Waals surface area contributed by atoms with Gasteiger partial charge in [-0.2, -0.15) is 0 Å². The second kappa shape index (κ2) is 5.00. The number of fused-ring (bicyclic) bond motifs is 1. The van der Waals surface area contributed by atoms with Crippen LogP contribution in [0.25, 0.3) is 0 Å². The van der Waals surface area contributed by atoms with Gasteiger partial charge in [0.05, 0.1) is 0 Å². The number of nitrogen functional groups attached to an aromatic ring is 1. The fourth-order valence-electron chi connectivity index (χ4n) is 2.74. The van der Waals surface area contributed by atoms with E-state index in [0.717, 1.165) is 18.7 Å². The molecule has 0 saturated carbocycles. The van der Waals surface area contributed by atoms with Crippen molar-refractivity contribution in [2.24, 2.45) is 0 Å². The lowest BCUT2D eigenvalue weighted by atomic mass is 9.91. The summed E-state index contributed by atoms with van der Waals surface area (Å²) < 4.78 is 0.